The number of amides is 1. The molecule has 11 heteroatoms. The summed E-state index contributed by atoms with van der Waals surface area (Å²) in [6.07, 6.45) is 0.946. The van der Waals surface area contributed by atoms with Crippen molar-refractivity contribution in [1.82, 2.24) is 19.7 Å². The van der Waals surface area contributed by atoms with Crippen molar-refractivity contribution in [2.45, 2.75) is 44.8 Å². The third kappa shape index (κ3) is 5.83. The van der Waals surface area contributed by atoms with Crippen molar-refractivity contribution in [3.63, 3.8) is 0 Å². The smallest absolute Gasteiger partial charge is 0.236 e. The molecule has 3 heterocycles. The number of carbonyl (C=O) groups is 1. The van der Waals surface area contributed by atoms with Gasteiger partial charge in [-0.2, -0.15) is 0 Å². The number of hydrogen-bond acceptors (Lipinski definition) is 7. The van der Waals surface area contributed by atoms with Crippen LogP contribution in [0, 0.1) is 0 Å². The molecule has 0 radical (unpaired) electrons. The SMILES string of the molecule is CCCn1c(SCC(=O)Nc2nc(-c3ccc(Cl)cc3Cl)cs2)nnc1-c1csc(C(C)C)c1. The number of benzene rings is 1. The van der Waals surface area contributed by atoms with Gasteiger partial charge in [0.25, 0.3) is 0 Å². The van der Waals surface area contributed by atoms with Crippen LogP contribution in [0.2, 0.25) is 10.0 Å². The van der Waals surface area contributed by atoms with Crippen molar-refractivity contribution in [3.05, 3.63) is 49.9 Å². The van der Waals surface area contributed by atoms with E-state index >= 15 is 0 Å². The Morgan fingerprint density at radius 3 is 2.71 bits per heavy atom. The zero-order chi connectivity index (χ0) is 24.2. The topological polar surface area (TPSA) is 72.7 Å². The molecule has 0 atom stereocenters. The standard InChI is InChI=1S/C23H23Cl2N5OS3/c1-4-7-30-21(14-8-19(13(2)3)32-10-14)28-29-23(30)34-12-20(31)27-22-26-18(11-33-22)16-6-5-15(24)9-17(16)25/h5-6,8-11,13H,4,7,12H2,1-3H3,(H,26,27,31). The molecule has 178 valence electrons. The van der Waals surface area contributed by atoms with Gasteiger partial charge in [-0.05, 0) is 36.6 Å². The summed E-state index contributed by atoms with van der Waals surface area (Å²) in [4.78, 5) is 18.4. The van der Waals surface area contributed by atoms with Gasteiger partial charge in [0.05, 0.1) is 16.5 Å². The lowest BCUT2D eigenvalue weighted by Crippen LogP contribution is -2.14. The Morgan fingerprint density at radius 1 is 1.18 bits per heavy atom. The first kappa shape index (κ1) is 25.2. The molecule has 0 aliphatic heterocycles. The minimum Gasteiger partial charge on any atom is -0.302 e. The molecule has 0 saturated carbocycles. The van der Waals surface area contributed by atoms with Crippen molar-refractivity contribution in [2.24, 2.45) is 0 Å². The van der Waals surface area contributed by atoms with E-state index in [0.29, 0.717) is 26.8 Å². The second-order valence-corrected chi connectivity index (χ2v) is 11.4. The molecule has 0 aliphatic carbocycles. The fourth-order valence-electron chi connectivity index (χ4n) is 3.24. The minimum absolute atomic E-state index is 0.154. The maximum atomic E-state index is 12.6. The maximum absolute atomic E-state index is 12.6. The van der Waals surface area contributed by atoms with Crippen LogP contribution in [0.3, 0.4) is 0 Å². The number of aromatic nitrogens is 4. The van der Waals surface area contributed by atoms with Crippen molar-refractivity contribution in [1.29, 1.82) is 0 Å². The van der Waals surface area contributed by atoms with Crippen molar-refractivity contribution in [3.8, 4) is 22.6 Å². The molecule has 0 aliphatic rings. The van der Waals surface area contributed by atoms with Gasteiger partial charge in [-0.3, -0.25) is 4.79 Å². The van der Waals surface area contributed by atoms with E-state index in [0.717, 1.165) is 35.1 Å². The molecule has 4 aromatic rings. The van der Waals surface area contributed by atoms with E-state index in [4.69, 9.17) is 23.2 Å². The highest BCUT2D eigenvalue weighted by atomic mass is 35.5. The van der Waals surface area contributed by atoms with Crippen LogP contribution in [0.25, 0.3) is 22.6 Å². The Labute approximate surface area is 220 Å². The number of nitrogens with zero attached hydrogens (tertiary/aromatic N) is 4. The molecule has 3 aromatic heterocycles. The molecular formula is C23H23Cl2N5OS3. The van der Waals surface area contributed by atoms with Crippen LogP contribution in [0.1, 0.15) is 38.0 Å². The van der Waals surface area contributed by atoms with Crippen LogP contribution in [0.4, 0.5) is 5.13 Å². The molecule has 6 nitrogen and oxygen atoms in total. The molecule has 34 heavy (non-hydrogen) atoms. The van der Waals surface area contributed by atoms with E-state index in [1.54, 1.807) is 23.5 Å². The largest absolute Gasteiger partial charge is 0.302 e. The lowest BCUT2D eigenvalue weighted by molar-refractivity contribution is -0.113. The number of thiophene rings is 1. The number of thiazole rings is 1. The van der Waals surface area contributed by atoms with Crippen molar-refractivity contribution < 1.29 is 4.79 Å². The highest BCUT2D eigenvalue weighted by Gasteiger charge is 2.18. The monoisotopic (exact) mass is 551 g/mol. The third-order valence-corrected chi connectivity index (χ3v) is 8.41. The summed E-state index contributed by atoms with van der Waals surface area (Å²) in [5.41, 5.74) is 2.53. The fraction of sp³-hybridized carbons (Fsp3) is 0.304. The summed E-state index contributed by atoms with van der Waals surface area (Å²) in [5.74, 6) is 1.37. The molecule has 1 N–H and O–H groups in total. The van der Waals surface area contributed by atoms with E-state index < -0.39 is 0 Å². The van der Waals surface area contributed by atoms with Gasteiger partial charge in [0.1, 0.15) is 0 Å². The number of carbonyl (C=O) groups excluding carboxylic acids is 1. The van der Waals surface area contributed by atoms with Gasteiger partial charge in [-0.15, -0.1) is 32.9 Å². The van der Waals surface area contributed by atoms with E-state index in [9.17, 15) is 4.79 Å². The first-order valence-electron chi connectivity index (χ1n) is 10.7. The molecule has 0 saturated heterocycles. The average Bonchev–Trinajstić information content (AvgIpc) is 3.52. The number of halogens is 2. The lowest BCUT2D eigenvalue weighted by Gasteiger charge is -2.08. The lowest BCUT2D eigenvalue weighted by atomic mass is 10.1. The molecular weight excluding hydrogens is 529 g/mol. The van der Waals surface area contributed by atoms with Crippen LogP contribution in [0.15, 0.2) is 40.2 Å². The normalized spacial score (nSPS) is 11.4. The highest BCUT2D eigenvalue weighted by molar-refractivity contribution is 7.99. The predicted octanol–water partition coefficient (Wildman–Crippen LogP) is 7.70. The summed E-state index contributed by atoms with van der Waals surface area (Å²) in [5, 5.41) is 18.0. The van der Waals surface area contributed by atoms with Crippen LogP contribution < -0.4 is 5.32 Å². The summed E-state index contributed by atoms with van der Waals surface area (Å²) < 4.78 is 2.09. The van der Waals surface area contributed by atoms with E-state index in [1.165, 1.54) is 28.0 Å². The second kappa shape index (κ2) is 11.2. The first-order valence-corrected chi connectivity index (χ1v) is 14.2. The molecule has 1 amide bonds. The fourth-order valence-corrected chi connectivity index (χ4v) is 6.14. The van der Waals surface area contributed by atoms with Gasteiger partial charge in [0.15, 0.2) is 16.1 Å². The third-order valence-electron chi connectivity index (χ3n) is 4.90. The van der Waals surface area contributed by atoms with Crippen LogP contribution in [-0.4, -0.2) is 31.4 Å². The van der Waals surface area contributed by atoms with Gasteiger partial charge in [-0.25, -0.2) is 4.98 Å². The van der Waals surface area contributed by atoms with Crippen LogP contribution >= 0.6 is 57.6 Å². The predicted molar refractivity (Wildman–Crippen MR) is 145 cm³/mol. The number of hydrogen-bond donors (Lipinski definition) is 1. The van der Waals surface area contributed by atoms with Crippen LogP contribution in [0.5, 0.6) is 0 Å². The number of thioether (sulfide) groups is 1. The minimum atomic E-state index is -0.154. The van der Waals surface area contributed by atoms with E-state index in [-0.39, 0.29) is 11.7 Å². The zero-order valence-corrected chi connectivity index (χ0v) is 22.8. The quantitative estimate of drug-likeness (QED) is 0.216. The van der Waals surface area contributed by atoms with Gasteiger partial charge in [-0.1, -0.05) is 55.7 Å². The zero-order valence-electron chi connectivity index (χ0n) is 18.8. The van der Waals surface area contributed by atoms with Gasteiger partial charge < -0.3 is 9.88 Å². The van der Waals surface area contributed by atoms with Crippen molar-refractivity contribution >= 4 is 68.7 Å². The van der Waals surface area contributed by atoms with Crippen molar-refractivity contribution in [2.75, 3.05) is 11.1 Å². The first-order chi connectivity index (χ1) is 16.4. The van der Waals surface area contributed by atoms with E-state index in [2.05, 4.69) is 57.3 Å². The number of anilines is 1. The summed E-state index contributed by atoms with van der Waals surface area (Å²) in [6.45, 7) is 7.27. The van der Waals surface area contributed by atoms with Gasteiger partial charge in [0, 0.05) is 38.3 Å². The Morgan fingerprint density at radius 2 is 2.00 bits per heavy atom. The molecule has 0 spiro atoms. The van der Waals surface area contributed by atoms with Gasteiger partial charge in [0.2, 0.25) is 5.91 Å². The Bertz CT molecular complexity index is 1300. The molecule has 1 aromatic carbocycles. The Balaban J connectivity index is 1.42. The Kier molecular flexibility index (Phi) is 8.31. The number of nitrogens with one attached hydrogen (secondary N) is 1. The highest BCUT2D eigenvalue weighted by Crippen LogP contribution is 2.33. The summed E-state index contributed by atoms with van der Waals surface area (Å²) in [6, 6.07) is 7.43. The molecule has 0 unspecified atom stereocenters. The maximum Gasteiger partial charge on any atom is 0.236 e. The average molecular weight is 553 g/mol. The second-order valence-electron chi connectivity index (χ2n) is 7.85. The summed E-state index contributed by atoms with van der Waals surface area (Å²) >= 11 is 16.7. The molecule has 0 bridgehead atoms. The molecule has 4 rings (SSSR count). The van der Waals surface area contributed by atoms with E-state index in [1.807, 2.05) is 11.4 Å². The molecule has 0 fully saturated rings. The van der Waals surface area contributed by atoms with Gasteiger partial charge >= 0.3 is 0 Å². The van der Waals surface area contributed by atoms with Crippen LogP contribution in [-0.2, 0) is 11.3 Å². The summed E-state index contributed by atoms with van der Waals surface area (Å²) in [7, 11) is 0. The Hall–Kier alpha value is -1.91. The number of rotatable bonds is 9.